The van der Waals surface area contributed by atoms with Crippen LogP contribution in [0.4, 0.5) is 0 Å². The second kappa shape index (κ2) is 7.59. The second-order valence-electron chi connectivity index (χ2n) is 8.51. The standard InChI is InChI=1S/C22H27N5O3/c1-22(2,3)19-12-16(25-21-23-13-24-27(19)21)20(28)26-10-6-7-17(26)15-11-14(29-4)8-9-18(15)30-5/h8-9,11-13,17H,6-7,10H2,1-5H3. The molecule has 0 N–H and O–H groups in total. The van der Waals surface area contributed by atoms with Crippen molar-refractivity contribution in [3.63, 3.8) is 0 Å². The third-order valence-electron chi connectivity index (χ3n) is 5.55. The molecule has 8 heteroatoms. The number of hydrogen-bond acceptors (Lipinski definition) is 6. The van der Waals surface area contributed by atoms with Crippen molar-refractivity contribution < 1.29 is 14.3 Å². The van der Waals surface area contributed by atoms with Gasteiger partial charge in [-0.3, -0.25) is 4.79 Å². The molecule has 1 aliphatic rings. The monoisotopic (exact) mass is 409 g/mol. The van der Waals surface area contributed by atoms with Crippen LogP contribution in [0.3, 0.4) is 0 Å². The van der Waals surface area contributed by atoms with Gasteiger partial charge >= 0.3 is 0 Å². The predicted octanol–water partition coefficient (Wildman–Crippen LogP) is 3.42. The summed E-state index contributed by atoms with van der Waals surface area (Å²) in [5.41, 5.74) is 2.00. The molecule has 0 aliphatic carbocycles. The Morgan fingerprint density at radius 2 is 1.97 bits per heavy atom. The number of amides is 1. The molecule has 1 atom stereocenters. The molecule has 30 heavy (non-hydrogen) atoms. The summed E-state index contributed by atoms with van der Waals surface area (Å²) in [5, 5.41) is 4.28. The fourth-order valence-corrected chi connectivity index (χ4v) is 4.04. The lowest BCUT2D eigenvalue weighted by Crippen LogP contribution is -2.32. The van der Waals surface area contributed by atoms with Gasteiger partial charge in [-0.05, 0) is 37.1 Å². The summed E-state index contributed by atoms with van der Waals surface area (Å²) in [4.78, 5) is 24.2. The number of nitrogens with zero attached hydrogens (tertiary/aromatic N) is 5. The van der Waals surface area contributed by atoms with Crippen molar-refractivity contribution in [1.82, 2.24) is 24.5 Å². The van der Waals surface area contributed by atoms with Crippen LogP contribution < -0.4 is 9.47 Å². The zero-order valence-electron chi connectivity index (χ0n) is 18.0. The fourth-order valence-electron chi connectivity index (χ4n) is 4.04. The molecule has 1 fully saturated rings. The van der Waals surface area contributed by atoms with E-state index in [-0.39, 0.29) is 17.4 Å². The van der Waals surface area contributed by atoms with Gasteiger partial charge in [0.2, 0.25) is 0 Å². The third kappa shape index (κ3) is 3.46. The van der Waals surface area contributed by atoms with Crippen molar-refractivity contribution in [3.05, 3.63) is 47.5 Å². The summed E-state index contributed by atoms with van der Waals surface area (Å²) in [6.45, 7) is 6.90. The van der Waals surface area contributed by atoms with E-state index < -0.39 is 0 Å². The number of carbonyl (C=O) groups excluding carboxylic acids is 1. The molecule has 158 valence electrons. The van der Waals surface area contributed by atoms with Crippen LogP contribution in [-0.4, -0.2) is 51.2 Å². The van der Waals surface area contributed by atoms with Gasteiger partial charge in [0.25, 0.3) is 11.7 Å². The highest BCUT2D eigenvalue weighted by molar-refractivity contribution is 5.93. The fraction of sp³-hybridized carbons (Fsp3) is 0.455. The average Bonchev–Trinajstić information content (AvgIpc) is 3.40. The van der Waals surface area contributed by atoms with Gasteiger partial charge in [0.15, 0.2) is 0 Å². The van der Waals surface area contributed by atoms with E-state index in [2.05, 4.69) is 35.8 Å². The number of hydrogen-bond donors (Lipinski definition) is 0. The van der Waals surface area contributed by atoms with Crippen molar-refractivity contribution in [2.24, 2.45) is 0 Å². The lowest BCUT2D eigenvalue weighted by atomic mass is 9.91. The van der Waals surface area contributed by atoms with Gasteiger partial charge in [-0.2, -0.15) is 10.1 Å². The van der Waals surface area contributed by atoms with Gasteiger partial charge in [-0.25, -0.2) is 9.50 Å². The van der Waals surface area contributed by atoms with Crippen LogP contribution in [0.5, 0.6) is 11.5 Å². The predicted molar refractivity (Wildman–Crippen MR) is 112 cm³/mol. The van der Waals surface area contributed by atoms with Crippen LogP contribution in [-0.2, 0) is 5.41 Å². The topological polar surface area (TPSA) is 81.9 Å². The van der Waals surface area contributed by atoms with Crippen LogP contribution in [0.1, 0.15) is 61.4 Å². The van der Waals surface area contributed by atoms with Crippen LogP contribution in [0.25, 0.3) is 5.78 Å². The Labute approximate surface area is 175 Å². The first kappa shape index (κ1) is 20.1. The highest BCUT2D eigenvalue weighted by atomic mass is 16.5. The zero-order valence-corrected chi connectivity index (χ0v) is 18.0. The second-order valence-corrected chi connectivity index (χ2v) is 8.51. The Morgan fingerprint density at radius 1 is 1.17 bits per heavy atom. The average molecular weight is 409 g/mol. The number of ether oxygens (including phenoxy) is 2. The molecule has 1 unspecified atom stereocenters. The molecule has 1 aromatic carbocycles. The number of methoxy groups -OCH3 is 2. The zero-order chi connectivity index (χ0) is 21.5. The smallest absolute Gasteiger partial charge is 0.273 e. The summed E-state index contributed by atoms with van der Waals surface area (Å²) < 4.78 is 12.7. The first-order valence-electron chi connectivity index (χ1n) is 10.1. The van der Waals surface area contributed by atoms with Crippen molar-refractivity contribution in [3.8, 4) is 11.5 Å². The van der Waals surface area contributed by atoms with E-state index in [1.54, 1.807) is 18.7 Å². The SMILES string of the molecule is COc1ccc(OC)c(C2CCCN2C(=O)c2cc(C(C)(C)C)n3ncnc3n2)c1. The van der Waals surface area contributed by atoms with E-state index in [9.17, 15) is 4.79 Å². The number of carbonyl (C=O) groups is 1. The largest absolute Gasteiger partial charge is 0.497 e. The minimum absolute atomic E-state index is 0.100. The highest BCUT2D eigenvalue weighted by Gasteiger charge is 2.34. The maximum Gasteiger partial charge on any atom is 0.273 e. The summed E-state index contributed by atoms with van der Waals surface area (Å²) >= 11 is 0. The Morgan fingerprint density at radius 3 is 2.67 bits per heavy atom. The number of fused-ring (bicyclic) bond motifs is 1. The summed E-state index contributed by atoms with van der Waals surface area (Å²) in [7, 11) is 3.28. The lowest BCUT2D eigenvalue weighted by Gasteiger charge is -2.27. The van der Waals surface area contributed by atoms with E-state index in [4.69, 9.17) is 9.47 Å². The van der Waals surface area contributed by atoms with Crippen molar-refractivity contribution in [2.75, 3.05) is 20.8 Å². The van der Waals surface area contributed by atoms with Crippen molar-refractivity contribution in [2.45, 2.75) is 45.1 Å². The van der Waals surface area contributed by atoms with Crippen molar-refractivity contribution >= 4 is 11.7 Å². The molecule has 0 spiro atoms. The Balaban J connectivity index is 1.75. The molecular formula is C22H27N5O3. The first-order valence-corrected chi connectivity index (χ1v) is 10.1. The molecule has 1 aliphatic heterocycles. The lowest BCUT2D eigenvalue weighted by molar-refractivity contribution is 0.0728. The minimum atomic E-state index is -0.218. The maximum absolute atomic E-state index is 13.6. The number of likely N-dealkylation sites (tertiary alicyclic amines) is 1. The Bertz CT molecular complexity index is 1090. The quantitative estimate of drug-likeness (QED) is 0.657. The van der Waals surface area contributed by atoms with E-state index >= 15 is 0 Å². The molecule has 4 rings (SSSR count). The highest BCUT2D eigenvalue weighted by Crippen LogP contribution is 2.39. The summed E-state index contributed by atoms with van der Waals surface area (Å²) in [6.07, 6.45) is 3.23. The first-order chi connectivity index (χ1) is 14.3. The third-order valence-corrected chi connectivity index (χ3v) is 5.55. The van der Waals surface area contributed by atoms with Gasteiger partial charge < -0.3 is 14.4 Å². The molecule has 1 saturated heterocycles. The molecule has 3 aromatic rings. The number of benzene rings is 1. The normalized spacial score (nSPS) is 16.8. The van der Waals surface area contributed by atoms with E-state index in [1.165, 1.54) is 6.33 Å². The number of rotatable bonds is 4. The van der Waals surface area contributed by atoms with E-state index in [0.717, 1.165) is 35.6 Å². The van der Waals surface area contributed by atoms with Crippen LogP contribution in [0.15, 0.2) is 30.6 Å². The molecule has 1 amide bonds. The van der Waals surface area contributed by atoms with Crippen LogP contribution in [0.2, 0.25) is 0 Å². The summed E-state index contributed by atoms with van der Waals surface area (Å²) in [6, 6.07) is 7.43. The Kier molecular flexibility index (Phi) is 5.09. The molecule has 3 heterocycles. The van der Waals surface area contributed by atoms with Crippen LogP contribution in [0, 0.1) is 0 Å². The Hall–Kier alpha value is -3.16. The van der Waals surface area contributed by atoms with E-state index in [0.29, 0.717) is 18.0 Å². The van der Waals surface area contributed by atoms with Gasteiger partial charge in [0.1, 0.15) is 23.5 Å². The molecular weight excluding hydrogens is 382 g/mol. The van der Waals surface area contributed by atoms with Crippen molar-refractivity contribution in [1.29, 1.82) is 0 Å². The maximum atomic E-state index is 13.6. The molecule has 0 saturated carbocycles. The van der Waals surface area contributed by atoms with Crippen LogP contribution >= 0.6 is 0 Å². The molecule has 0 radical (unpaired) electrons. The van der Waals surface area contributed by atoms with Gasteiger partial charge in [0.05, 0.1) is 26.0 Å². The minimum Gasteiger partial charge on any atom is -0.497 e. The van der Waals surface area contributed by atoms with Gasteiger partial charge in [-0.15, -0.1) is 0 Å². The van der Waals surface area contributed by atoms with Gasteiger partial charge in [-0.1, -0.05) is 20.8 Å². The van der Waals surface area contributed by atoms with Gasteiger partial charge in [0, 0.05) is 17.5 Å². The number of aromatic nitrogens is 4. The summed E-state index contributed by atoms with van der Waals surface area (Å²) in [5.74, 6) is 1.80. The molecule has 0 bridgehead atoms. The molecule has 2 aromatic heterocycles. The van der Waals surface area contributed by atoms with E-state index in [1.807, 2.05) is 29.2 Å². The molecule has 8 nitrogen and oxygen atoms in total.